The zero-order valence-corrected chi connectivity index (χ0v) is 12.5. The number of likely N-dealkylation sites (N-methyl/N-ethyl adjacent to an activating group) is 1. The van der Waals surface area contributed by atoms with Gasteiger partial charge in [-0.2, -0.15) is 0 Å². The van der Waals surface area contributed by atoms with Crippen LogP contribution in [0, 0.1) is 12.8 Å². The minimum absolute atomic E-state index is 0.566. The van der Waals surface area contributed by atoms with Crippen molar-refractivity contribution in [3.63, 3.8) is 0 Å². The minimum Gasteiger partial charge on any atom is -0.370 e. The van der Waals surface area contributed by atoms with Crippen LogP contribution in [0.15, 0.2) is 24.3 Å². The zero-order valence-electron chi connectivity index (χ0n) is 12.5. The molecule has 2 atom stereocenters. The van der Waals surface area contributed by atoms with E-state index in [9.17, 15) is 0 Å². The van der Waals surface area contributed by atoms with E-state index in [0.717, 1.165) is 32.6 Å². The van der Waals surface area contributed by atoms with Gasteiger partial charge in [0, 0.05) is 31.4 Å². The molecule has 0 aromatic heterocycles. The van der Waals surface area contributed by atoms with Gasteiger partial charge in [0.2, 0.25) is 0 Å². The molecule has 0 aliphatic carbocycles. The molecule has 1 saturated heterocycles. The molecule has 2 N–H and O–H groups in total. The lowest BCUT2D eigenvalue weighted by Crippen LogP contribution is -2.40. The summed E-state index contributed by atoms with van der Waals surface area (Å²) in [5, 5.41) is 0. The molecule has 0 amide bonds. The molecule has 1 aliphatic heterocycles. The summed E-state index contributed by atoms with van der Waals surface area (Å²) in [5.41, 5.74) is 8.43. The molecular weight excluding hydrogens is 234 g/mol. The Labute approximate surface area is 117 Å². The summed E-state index contributed by atoms with van der Waals surface area (Å²) in [6, 6.07) is 9.45. The third-order valence-corrected chi connectivity index (χ3v) is 4.09. The maximum Gasteiger partial charge on any atom is 0.0367 e. The Morgan fingerprint density at radius 3 is 2.47 bits per heavy atom. The Morgan fingerprint density at radius 1 is 1.16 bits per heavy atom. The molecule has 0 bridgehead atoms. The number of benzene rings is 1. The minimum atomic E-state index is 0.566. The predicted molar refractivity (Wildman–Crippen MR) is 82.6 cm³/mol. The topological polar surface area (TPSA) is 32.5 Å². The standard InChI is InChI=1S/C16H27N3/c1-13-4-6-15(7-5-13)19-11-14(2)10-18(3)16(12-19)8-9-17/h4-7,14,16H,8-12,17H2,1-3H3. The number of anilines is 1. The van der Waals surface area contributed by atoms with E-state index in [1.807, 2.05) is 0 Å². The van der Waals surface area contributed by atoms with Crippen LogP contribution in [0.2, 0.25) is 0 Å². The van der Waals surface area contributed by atoms with E-state index in [-0.39, 0.29) is 0 Å². The van der Waals surface area contributed by atoms with Crippen LogP contribution in [0.4, 0.5) is 5.69 Å². The van der Waals surface area contributed by atoms with E-state index < -0.39 is 0 Å². The summed E-state index contributed by atoms with van der Waals surface area (Å²) in [6.45, 7) is 8.62. The molecule has 106 valence electrons. The maximum absolute atomic E-state index is 5.77. The molecule has 3 nitrogen and oxygen atoms in total. The van der Waals surface area contributed by atoms with E-state index in [1.165, 1.54) is 11.3 Å². The summed E-state index contributed by atoms with van der Waals surface area (Å²) < 4.78 is 0. The molecular formula is C16H27N3. The molecule has 1 heterocycles. The summed E-state index contributed by atoms with van der Waals surface area (Å²) in [4.78, 5) is 5.00. The highest BCUT2D eigenvalue weighted by Gasteiger charge is 2.25. The highest BCUT2D eigenvalue weighted by molar-refractivity contribution is 5.48. The van der Waals surface area contributed by atoms with Gasteiger partial charge in [0.05, 0.1) is 0 Å². The first-order chi connectivity index (χ1) is 9.10. The summed E-state index contributed by atoms with van der Waals surface area (Å²) in [7, 11) is 2.23. The highest BCUT2D eigenvalue weighted by Crippen LogP contribution is 2.22. The number of rotatable bonds is 3. The maximum atomic E-state index is 5.77. The van der Waals surface area contributed by atoms with Gasteiger partial charge in [-0.3, -0.25) is 0 Å². The molecule has 0 radical (unpaired) electrons. The van der Waals surface area contributed by atoms with Crippen molar-refractivity contribution in [1.29, 1.82) is 0 Å². The number of hydrogen-bond donors (Lipinski definition) is 1. The molecule has 0 saturated carbocycles. The van der Waals surface area contributed by atoms with Crippen LogP contribution in [0.1, 0.15) is 18.9 Å². The Bertz CT molecular complexity index is 387. The average Bonchev–Trinajstić information content (AvgIpc) is 2.50. The van der Waals surface area contributed by atoms with Crippen LogP contribution in [-0.2, 0) is 0 Å². The van der Waals surface area contributed by atoms with Gasteiger partial charge >= 0.3 is 0 Å². The monoisotopic (exact) mass is 261 g/mol. The molecule has 2 unspecified atom stereocenters. The van der Waals surface area contributed by atoms with Crippen molar-refractivity contribution in [2.75, 3.05) is 38.1 Å². The largest absolute Gasteiger partial charge is 0.370 e. The first-order valence-corrected chi connectivity index (χ1v) is 7.32. The quantitative estimate of drug-likeness (QED) is 0.904. The van der Waals surface area contributed by atoms with Crippen molar-refractivity contribution in [2.24, 2.45) is 11.7 Å². The molecule has 0 spiro atoms. The second-order valence-electron chi connectivity index (χ2n) is 6.02. The Hall–Kier alpha value is -1.06. The van der Waals surface area contributed by atoms with Crippen LogP contribution in [0.25, 0.3) is 0 Å². The highest BCUT2D eigenvalue weighted by atomic mass is 15.2. The summed E-state index contributed by atoms with van der Waals surface area (Å²) in [6.07, 6.45) is 1.07. The predicted octanol–water partition coefficient (Wildman–Crippen LogP) is 2.10. The first kappa shape index (κ1) is 14.4. The van der Waals surface area contributed by atoms with Gasteiger partial charge in [0.1, 0.15) is 0 Å². The molecule has 3 heteroatoms. The van der Waals surface area contributed by atoms with Crippen molar-refractivity contribution in [3.05, 3.63) is 29.8 Å². The van der Waals surface area contributed by atoms with Gasteiger partial charge in [0.15, 0.2) is 0 Å². The molecule has 2 rings (SSSR count). The van der Waals surface area contributed by atoms with Gasteiger partial charge in [-0.1, -0.05) is 24.6 Å². The number of nitrogens with zero attached hydrogens (tertiary/aromatic N) is 2. The summed E-state index contributed by atoms with van der Waals surface area (Å²) >= 11 is 0. The van der Waals surface area contributed by atoms with Crippen molar-refractivity contribution in [1.82, 2.24) is 4.90 Å². The lowest BCUT2D eigenvalue weighted by molar-refractivity contribution is 0.231. The van der Waals surface area contributed by atoms with E-state index in [1.54, 1.807) is 0 Å². The van der Waals surface area contributed by atoms with Crippen LogP contribution >= 0.6 is 0 Å². The van der Waals surface area contributed by atoms with Gasteiger partial charge in [-0.15, -0.1) is 0 Å². The van der Waals surface area contributed by atoms with Gasteiger partial charge in [-0.05, 0) is 45.0 Å². The Balaban J connectivity index is 2.16. The number of nitrogens with two attached hydrogens (primary N) is 1. The van der Waals surface area contributed by atoms with Crippen LogP contribution in [0.3, 0.4) is 0 Å². The second kappa shape index (κ2) is 6.40. The van der Waals surface area contributed by atoms with Gasteiger partial charge < -0.3 is 15.5 Å². The van der Waals surface area contributed by atoms with Crippen molar-refractivity contribution < 1.29 is 0 Å². The van der Waals surface area contributed by atoms with E-state index >= 15 is 0 Å². The van der Waals surface area contributed by atoms with Crippen LogP contribution in [0.5, 0.6) is 0 Å². The lowest BCUT2D eigenvalue weighted by Gasteiger charge is -2.30. The molecule has 1 aliphatic rings. The van der Waals surface area contributed by atoms with Crippen molar-refractivity contribution in [3.8, 4) is 0 Å². The van der Waals surface area contributed by atoms with Crippen molar-refractivity contribution in [2.45, 2.75) is 26.3 Å². The molecule has 1 fully saturated rings. The van der Waals surface area contributed by atoms with Gasteiger partial charge in [0.25, 0.3) is 0 Å². The van der Waals surface area contributed by atoms with E-state index in [4.69, 9.17) is 5.73 Å². The Morgan fingerprint density at radius 2 is 1.84 bits per heavy atom. The van der Waals surface area contributed by atoms with Gasteiger partial charge in [-0.25, -0.2) is 0 Å². The normalized spacial score (nSPS) is 25.4. The van der Waals surface area contributed by atoms with E-state index in [2.05, 4.69) is 55.0 Å². The third kappa shape index (κ3) is 3.71. The number of aryl methyl sites for hydroxylation is 1. The third-order valence-electron chi connectivity index (χ3n) is 4.09. The zero-order chi connectivity index (χ0) is 13.8. The molecule has 1 aromatic rings. The average molecular weight is 261 g/mol. The molecule has 19 heavy (non-hydrogen) atoms. The fraction of sp³-hybridized carbons (Fsp3) is 0.625. The molecule has 1 aromatic carbocycles. The smallest absolute Gasteiger partial charge is 0.0367 e. The number of hydrogen-bond acceptors (Lipinski definition) is 3. The van der Waals surface area contributed by atoms with Crippen LogP contribution in [-0.4, -0.2) is 44.2 Å². The fourth-order valence-corrected chi connectivity index (χ4v) is 3.01. The lowest BCUT2D eigenvalue weighted by atomic mass is 10.1. The van der Waals surface area contributed by atoms with E-state index in [0.29, 0.717) is 12.0 Å². The first-order valence-electron chi connectivity index (χ1n) is 7.32. The SMILES string of the molecule is Cc1ccc(N2CC(C)CN(C)C(CCN)C2)cc1. The van der Waals surface area contributed by atoms with Crippen molar-refractivity contribution >= 4 is 5.69 Å². The Kier molecular flexibility index (Phi) is 4.83. The summed E-state index contributed by atoms with van der Waals surface area (Å²) in [5.74, 6) is 0.689. The fourth-order valence-electron chi connectivity index (χ4n) is 3.01. The van der Waals surface area contributed by atoms with Crippen LogP contribution < -0.4 is 10.6 Å². The second-order valence-corrected chi connectivity index (χ2v) is 6.02.